The molecule has 9 heteroatoms. The first kappa shape index (κ1) is 33.4. The number of hydrogen-bond acceptors (Lipinski definition) is 4. The van der Waals surface area contributed by atoms with Crippen molar-refractivity contribution in [2.45, 2.75) is 96.4 Å². The zero-order chi connectivity index (χ0) is 30.4. The van der Waals surface area contributed by atoms with Crippen LogP contribution in [0.25, 0.3) is 0 Å². The van der Waals surface area contributed by atoms with Crippen molar-refractivity contribution in [1.29, 1.82) is 0 Å². The molecule has 1 atom stereocenters. The molecule has 1 aliphatic rings. The lowest BCUT2D eigenvalue weighted by molar-refractivity contribution is -0.137. The highest BCUT2D eigenvalue weighted by Crippen LogP contribution is 2.30. The maximum Gasteiger partial charge on any atom is 0.416 e. The molecule has 1 saturated carbocycles. The van der Waals surface area contributed by atoms with Gasteiger partial charge in [-0.1, -0.05) is 63.3 Å². The summed E-state index contributed by atoms with van der Waals surface area (Å²) in [6.07, 6.45) is 6.03. The SMILES string of the molecule is CCCCCCCCNC(=O)[C@H](Cc1ccc(OCc2cccc(C(F)(F)F)c2)cc1)NC(=O)C1CCC(CN)CC1. The Balaban J connectivity index is 1.57. The van der Waals surface area contributed by atoms with E-state index in [2.05, 4.69) is 17.6 Å². The number of carbonyl (C=O) groups is 2. The van der Waals surface area contributed by atoms with E-state index in [-0.39, 0.29) is 24.3 Å². The minimum absolute atomic E-state index is 0.00476. The van der Waals surface area contributed by atoms with Gasteiger partial charge in [0.15, 0.2) is 0 Å². The first-order chi connectivity index (χ1) is 20.2. The summed E-state index contributed by atoms with van der Waals surface area (Å²) in [6, 6.07) is 11.4. The molecule has 0 aromatic heterocycles. The Kier molecular flexibility index (Phi) is 13.6. The number of unbranched alkanes of at least 4 members (excludes halogenated alkanes) is 5. The molecular formula is C33H46F3N3O3. The number of rotatable bonds is 16. The second-order valence-electron chi connectivity index (χ2n) is 11.4. The zero-order valence-corrected chi connectivity index (χ0v) is 24.7. The average molecular weight is 590 g/mol. The van der Waals surface area contributed by atoms with E-state index in [9.17, 15) is 22.8 Å². The van der Waals surface area contributed by atoms with Crippen LogP contribution in [0.2, 0.25) is 0 Å². The lowest BCUT2D eigenvalue weighted by Gasteiger charge is -2.28. The summed E-state index contributed by atoms with van der Waals surface area (Å²) in [6.45, 7) is 3.38. The molecule has 0 bridgehead atoms. The quantitative estimate of drug-likeness (QED) is 0.194. The van der Waals surface area contributed by atoms with E-state index in [1.807, 2.05) is 12.1 Å². The number of amides is 2. The predicted octanol–water partition coefficient (Wildman–Crippen LogP) is 6.55. The van der Waals surface area contributed by atoms with Gasteiger partial charge >= 0.3 is 6.18 Å². The number of hydrogen-bond donors (Lipinski definition) is 3. The molecule has 4 N–H and O–H groups in total. The van der Waals surface area contributed by atoms with Crippen molar-refractivity contribution in [2.75, 3.05) is 13.1 Å². The Bertz CT molecular complexity index is 1100. The van der Waals surface area contributed by atoms with Gasteiger partial charge in [-0.15, -0.1) is 0 Å². The topological polar surface area (TPSA) is 93.5 Å². The largest absolute Gasteiger partial charge is 0.489 e. The van der Waals surface area contributed by atoms with Crippen LogP contribution < -0.4 is 21.1 Å². The van der Waals surface area contributed by atoms with Gasteiger partial charge < -0.3 is 21.1 Å². The molecule has 6 nitrogen and oxygen atoms in total. The molecule has 1 fully saturated rings. The van der Waals surface area contributed by atoms with Crippen molar-refractivity contribution < 1.29 is 27.5 Å². The van der Waals surface area contributed by atoms with Crippen molar-refractivity contribution >= 4 is 11.8 Å². The van der Waals surface area contributed by atoms with Crippen LogP contribution in [-0.2, 0) is 28.8 Å². The number of nitrogens with one attached hydrogen (secondary N) is 2. The van der Waals surface area contributed by atoms with Crippen molar-refractivity contribution in [3.8, 4) is 5.75 Å². The maximum absolute atomic E-state index is 13.2. The average Bonchev–Trinajstić information content (AvgIpc) is 2.99. The Labute approximate surface area is 248 Å². The van der Waals surface area contributed by atoms with E-state index >= 15 is 0 Å². The van der Waals surface area contributed by atoms with Gasteiger partial charge in [0.1, 0.15) is 18.4 Å². The van der Waals surface area contributed by atoms with Gasteiger partial charge in [0, 0.05) is 18.9 Å². The van der Waals surface area contributed by atoms with E-state index in [1.54, 1.807) is 18.2 Å². The van der Waals surface area contributed by atoms with Gasteiger partial charge in [-0.3, -0.25) is 9.59 Å². The summed E-state index contributed by atoms with van der Waals surface area (Å²) >= 11 is 0. The van der Waals surface area contributed by atoms with Crippen molar-refractivity contribution in [1.82, 2.24) is 10.6 Å². The summed E-state index contributed by atoms with van der Waals surface area (Å²) in [5.41, 5.74) is 6.34. The normalized spacial score (nSPS) is 17.8. The number of ether oxygens (including phenoxy) is 1. The molecule has 0 radical (unpaired) electrons. The predicted molar refractivity (Wildman–Crippen MR) is 159 cm³/mol. The molecule has 42 heavy (non-hydrogen) atoms. The third-order valence-electron chi connectivity index (χ3n) is 8.04. The van der Waals surface area contributed by atoms with Crippen LogP contribution in [0.1, 0.15) is 87.8 Å². The summed E-state index contributed by atoms with van der Waals surface area (Å²) in [4.78, 5) is 26.3. The molecule has 0 heterocycles. The van der Waals surface area contributed by atoms with Gasteiger partial charge in [0.25, 0.3) is 0 Å². The minimum atomic E-state index is -4.41. The Hall–Kier alpha value is -3.07. The van der Waals surface area contributed by atoms with E-state index in [1.165, 1.54) is 25.3 Å². The molecule has 3 rings (SSSR count). The van der Waals surface area contributed by atoms with Crippen molar-refractivity contribution in [2.24, 2.45) is 17.6 Å². The van der Waals surface area contributed by atoms with Crippen LogP contribution in [0.4, 0.5) is 13.2 Å². The maximum atomic E-state index is 13.2. The summed E-state index contributed by atoms with van der Waals surface area (Å²) in [5, 5.41) is 6.02. The smallest absolute Gasteiger partial charge is 0.416 e. The molecule has 232 valence electrons. The Morgan fingerprint density at radius 2 is 1.64 bits per heavy atom. The molecule has 0 saturated heterocycles. The van der Waals surface area contributed by atoms with E-state index in [0.717, 1.165) is 62.6 Å². The highest BCUT2D eigenvalue weighted by Gasteiger charge is 2.31. The van der Waals surface area contributed by atoms with Gasteiger partial charge in [0.2, 0.25) is 11.8 Å². The molecule has 0 spiro atoms. The number of alkyl halides is 3. The second-order valence-corrected chi connectivity index (χ2v) is 11.4. The Morgan fingerprint density at radius 1 is 0.952 bits per heavy atom. The van der Waals surface area contributed by atoms with Gasteiger partial charge in [-0.05, 0) is 80.0 Å². The Morgan fingerprint density at radius 3 is 2.31 bits per heavy atom. The summed E-state index contributed by atoms with van der Waals surface area (Å²) in [5.74, 6) is 0.553. The fraction of sp³-hybridized carbons (Fsp3) is 0.576. The van der Waals surface area contributed by atoms with Crippen LogP contribution in [0.3, 0.4) is 0 Å². The number of carbonyl (C=O) groups excluding carboxylic acids is 2. The van der Waals surface area contributed by atoms with Crippen LogP contribution in [-0.4, -0.2) is 30.9 Å². The van der Waals surface area contributed by atoms with Crippen LogP contribution in [0.5, 0.6) is 5.75 Å². The highest BCUT2D eigenvalue weighted by molar-refractivity contribution is 5.88. The van der Waals surface area contributed by atoms with Crippen LogP contribution >= 0.6 is 0 Å². The van der Waals surface area contributed by atoms with Crippen molar-refractivity contribution in [3.63, 3.8) is 0 Å². The molecule has 0 unspecified atom stereocenters. The standard InChI is InChI=1S/C33H46F3N3O3/c1-2-3-4-5-6-7-19-38-32(41)30(39-31(40)27-15-11-25(22-37)12-16-27)21-24-13-17-29(18-14-24)42-23-26-9-8-10-28(20-26)33(34,35)36/h8-10,13-14,17-18,20,25,27,30H,2-7,11-12,15-16,19,21-23,37H2,1H3,(H,38,41)(H,39,40)/t25?,27?,30-/m0/s1. The molecule has 2 aromatic carbocycles. The third kappa shape index (κ3) is 11.3. The van der Waals surface area contributed by atoms with E-state index < -0.39 is 17.8 Å². The number of benzene rings is 2. The zero-order valence-electron chi connectivity index (χ0n) is 24.7. The van der Waals surface area contributed by atoms with Crippen molar-refractivity contribution in [3.05, 3.63) is 65.2 Å². The molecular weight excluding hydrogens is 543 g/mol. The van der Waals surface area contributed by atoms with Crippen LogP contribution in [0.15, 0.2) is 48.5 Å². The fourth-order valence-corrected chi connectivity index (χ4v) is 5.36. The molecule has 0 aliphatic heterocycles. The van der Waals surface area contributed by atoms with Gasteiger partial charge in [-0.25, -0.2) is 0 Å². The molecule has 2 amide bonds. The van der Waals surface area contributed by atoms with E-state index in [0.29, 0.717) is 36.7 Å². The third-order valence-corrected chi connectivity index (χ3v) is 8.04. The minimum Gasteiger partial charge on any atom is -0.489 e. The lowest BCUT2D eigenvalue weighted by atomic mass is 9.81. The fourth-order valence-electron chi connectivity index (χ4n) is 5.36. The van der Waals surface area contributed by atoms with Gasteiger partial charge in [-0.2, -0.15) is 13.2 Å². The molecule has 1 aliphatic carbocycles. The number of halogens is 3. The summed E-state index contributed by atoms with van der Waals surface area (Å²) in [7, 11) is 0. The summed E-state index contributed by atoms with van der Waals surface area (Å²) < 4.78 is 44.7. The molecule has 2 aromatic rings. The van der Waals surface area contributed by atoms with Crippen LogP contribution in [0, 0.1) is 11.8 Å². The van der Waals surface area contributed by atoms with Gasteiger partial charge in [0.05, 0.1) is 5.56 Å². The first-order valence-corrected chi connectivity index (χ1v) is 15.4. The second kappa shape index (κ2) is 17.1. The monoisotopic (exact) mass is 589 g/mol. The highest BCUT2D eigenvalue weighted by atomic mass is 19.4. The first-order valence-electron chi connectivity index (χ1n) is 15.4. The van der Waals surface area contributed by atoms with E-state index in [4.69, 9.17) is 10.5 Å². The number of nitrogens with two attached hydrogens (primary N) is 1. The lowest BCUT2D eigenvalue weighted by Crippen LogP contribution is -2.50.